The number of aryl methyl sites for hydroxylation is 1. The van der Waals surface area contributed by atoms with Crippen LogP contribution in [0, 0.1) is 0 Å². The molecule has 1 aliphatic heterocycles. The fraction of sp³-hybridized carbons (Fsp3) is 0.412. The van der Waals surface area contributed by atoms with Crippen molar-refractivity contribution in [3.8, 4) is 0 Å². The van der Waals surface area contributed by atoms with Gasteiger partial charge in [-0.05, 0) is 18.9 Å². The summed E-state index contributed by atoms with van der Waals surface area (Å²) in [5, 5.41) is 11.4. The molecule has 4 heterocycles. The number of fused-ring (bicyclic) bond motifs is 1. The number of piperidine rings is 1. The summed E-state index contributed by atoms with van der Waals surface area (Å²) in [5.74, 6) is 1.59. The Morgan fingerprint density at radius 1 is 1.38 bits per heavy atom. The highest BCUT2D eigenvalue weighted by atomic mass is 16.2. The minimum absolute atomic E-state index is 0.0306. The highest BCUT2D eigenvalue weighted by molar-refractivity contribution is 5.87. The second kappa shape index (κ2) is 7.03. The molecule has 3 aromatic heterocycles. The molecule has 0 bridgehead atoms. The Kier molecular flexibility index (Phi) is 4.42. The molecule has 4 rings (SSSR count). The van der Waals surface area contributed by atoms with Crippen LogP contribution in [0.5, 0.6) is 0 Å². The third kappa shape index (κ3) is 3.46. The maximum Gasteiger partial charge on any atom is 0.239 e. The van der Waals surface area contributed by atoms with Crippen molar-refractivity contribution < 1.29 is 4.79 Å². The zero-order valence-corrected chi connectivity index (χ0v) is 14.6. The lowest BCUT2D eigenvalue weighted by Crippen LogP contribution is -2.49. The van der Waals surface area contributed by atoms with Crippen LogP contribution in [0.1, 0.15) is 12.8 Å². The predicted octanol–water partition coefficient (Wildman–Crippen LogP) is 0.888. The minimum atomic E-state index is -0.0306. The van der Waals surface area contributed by atoms with Gasteiger partial charge in [-0.1, -0.05) is 0 Å². The number of nitrogens with zero attached hydrogens (tertiary/aromatic N) is 5. The zero-order chi connectivity index (χ0) is 17.9. The molecular weight excluding hydrogens is 332 g/mol. The van der Waals surface area contributed by atoms with Gasteiger partial charge < -0.3 is 20.5 Å². The second-order valence-corrected chi connectivity index (χ2v) is 6.52. The molecule has 3 aromatic rings. The van der Waals surface area contributed by atoms with Gasteiger partial charge in [0, 0.05) is 44.6 Å². The maximum absolute atomic E-state index is 12.2. The molecule has 1 fully saturated rings. The lowest BCUT2D eigenvalue weighted by molar-refractivity contribution is -0.120. The fourth-order valence-corrected chi connectivity index (χ4v) is 3.36. The van der Waals surface area contributed by atoms with Gasteiger partial charge >= 0.3 is 0 Å². The van der Waals surface area contributed by atoms with Crippen molar-refractivity contribution in [2.45, 2.75) is 18.9 Å². The lowest BCUT2D eigenvalue weighted by atomic mass is 10.1. The van der Waals surface area contributed by atoms with Crippen LogP contribution in [-0.2, 0) is 11.8 Å². The molecule has 0 saturated carbocycles. The van der Waals surface area contributed by atoms with E-state index in [1.807, 2.05) is 31.6 Å². The Labute approximate surface area is 150 Å². The van der Waals surface area contributed by atoms with Gasteiger partial charge in [-0.15, -0.1) is 0 Å². The van der Waals surface area contributed by atoms with Crippen LogP contribution in [0.15, 0.2) is 30.9 Å². The van der Waals surface area contributed by atoms with E-state index in [4.69, 9.17) is 0 Å². The van der Waals surface area contributed by atoms with Crippen molar-refractivity contribution >= 4 is 28.6 Å². The minimum Gasteiger partial charge on any atom is -0.360 e. The summed E-state index contributed by atoms with van der Waals surface area (Å²) in [5.41, 5.74) is 0.834. The van der Waals surface area contributed by atoms with Crippen molar-refractivity contribution in [1.82, 2.24) is 30.0 Å². The topological polar surface area (TPSA) is 104 Å². The average Bonchev–Trinajstić information content (AvgIpc) is 3.28. The number of aromatic nitrogens is 5. The van der Waals surface area contributed by atoms with E-state index >= 15 is 0 Å². The summed E-state index contributed by atoms with van der Waals surface area (Å²) >= 11 is 0. The lowest BCUT2D eigenvalue weighted by Gasteiger charge is -2.34. The maximum atomic E-state index is 12.2. The first kappa shape index (κ1) is 16.4. The number of rotatable bonds is 5. The normalized spacial score (nSPS) is 17.4. The zero-order valence-electron chi connectivity index (χ0n) is 14.6. The van der Waals surface area contributed by atoms with Crippen LogP contribution in [-0.4, -0.2) is 56.3 Å². The fourth-order valence-electron chi connectivity index (χ4n) is 3.36. The summed E-state index contributed by atoms with van der Waals surface area (Å²) < 4.78 is 1.70. The molecule has 26 heavy (non-hydrogen) atoms. The van der Waals surface area contributed by atoms with E-state index in [2.05, 4.69) is 35.6 Å². The van der Waals surface area contributed by atoms with E-state index in [1.54, 1.807) is 11.0 Å². The molecule has 3 N–H and O–H groups in total. The number of amides is 1. The van der Waals surface area contributed by atoms with E-state index in [9.17, 15) is 4.79 Å². The molecule has 1 atom stereocenters. The first-order chi connectivity index (χ1) is 12.7. The van der Waals surface area contributed by atoms with Crippen LogP contribution in [0.2, 0.25) is 0 Å². The van der Waals surface area contributed by atoms with Crippen LogP contribution in [0.4, 0.5) is 11.6 Å². The van der Waals surface area contributed by atoms with Crippen LogP contribution >= 0.6 is 0 Å². The number of H-pyrrole nitrogens is 1. The predicted molar refractivity (Wildman–Crippen MR) is 99.0 cm³/mol. The Hall–Kier alpha value is -3.10. The summed E-state index contributed by atoms with van der Waals surface area (Å²) in [6, 6.07) is 3.93. The van der Waals surface area contributed by atoms with Gasteiger partial charge in [0.2, 0.25) is 5.91 Å². The number of carbonyl (C=O) groups excluding carboxylic acids is 1. The van der Waals surface area contributed by atoms with Crippen molar-refractivity contribution in [3.05, 3.63) is 30.9 Å². The molecule has 0 aliphatic carbocycles. The Balaban J connectivity index is 1.36. The molecule has 9 nitrogen and oxygen atoms in total. The molecule has 0 aromatic carbocycles. The number of anilines is 2. The molecule has 136 valence electrons. The number of nitrogens with one attached hydrogen (secondary N) is 3. The Morgan fingerprint density at radius 3 is 3.15 bits per heavy atom. The van der Waals surface area contributed by atoms with Gasteiger partial charge in [-0.2, -0.15) is 5.10 Å². The van der Waals surface area contributed by atoms with Crippen molar-refractivity contribution in [1.29, 1.82) is 0 Å². The van der Waals surface area contributed by atoms with E-state index < -0.39 is 0 Å². The van der Waals surface area contributed by atoms with Crippen LogP contribution in [0.3, 0.4) is 0 Å². The smallest absolute Gasteiger partial charge is 0.239 e. The number of hydrogen-bond donors (Lipinski definition) is 3. The largest absolute Gasteiger partial charge is 0.360 e. The van der Waals surface area contributed by atoms with Gasteiger partial charge in [0.05, 0.1) is 11.9 Å². The van der Waals surface area contributed by atoms with E-state index in [1.165, 1.54) is 0 Å². The second-order valence-electron chi connectivity index (χ2n) is 6.52. The number of aromatic amines is 1. The molecular formula is C17H22N8O. The van der Waals surface area contributed by atoms with E-state index in [0.29, 0.717) is 5.82 Å². The van der Waals surface area contributed by atoms with E-state index in [-0.39, 0.29) is 18.5 Å². The van der Waals surface area contributed by atoms with Gasteiger partial charge in [0.25, 0.3) is 0 Å². The summed E-state index contributed by atoms with van der Waals surface area (Å²) in [7, 11) is 1.84. The van der Waals surface area contributed by atoms with Gasteiger partial charge in [0.15, 0.2) is 0 Å². The van der Waals surface area contributed by atoms with Crippen molar-refractivity contribution in [2.75, 3.05) is 29.9 Å². The Morgan fingerprint density at radius 2 is 2.31 bits per heavy atom. The molecule has 1 aliphatic rings. The van der Waals surface area contributed by atoms with Crippen LogP contribution < -0.4 is 15.5 Å². The van der Waals surface area contributed by atoms with Crippen molar-refractivity contribution in [3.63, 3.8) is 0 Å². The highest BCUT2D eigenvalue weighted by Gasteiger charge is 2.23. The number of hydrogen-bond acceptors (Lipinski definition) is 6. The average molecular weight is 354 g/mol. The molecule has 0 spiro atoms. The number of carbonyl (C=O) groups is 1. The standard InChI is InChI=1S/C17H22N8O/c1-24-8-5-14(23-24)19-9-15(26)22-12-3-2-7-25(10-12)17-13-4-6-18-16(13)20-11-21-17/h4-6,8,11-12H,2-3,7,9-10H2,1H3,(H,19,23)(H,22,26)(H,18,20,21). The third-order valence-electron chi connectivity index (χ3n) is 4.56. The van der Waals surface area contributed by atoms with Crippen LogP contribution in [0.25, 0.3) is 11.0 Å². The quantitative estimate of drug-likeness (QED) is 0.629. The Bertz CT molecular complexity index is 901. The van der Waals surface area contributed by atoms with Gasteiger partial charge in [-0.25, -0.2) is 9.97 Å². The molecule has 1 unspecified atom stereocenters. The van der Waals surface area contributed by atoms with Gasteiger partial charge in [-0.3, -0.25) is 9.48 Å². The van der Waals surface area contributed by atoms with Crippen molar-refractivity contribution in [2.24, 2.45) is 7.05 Å². The van der Waals surface area contributed by atoms with E-state index in [0.717, 1.165) is 42.8 Å². The summed E-state index contributed by atoms with van der Waals surface area (Å²) in [6.07, 6.45) is 7.26. The summed E-state index contributed by atoms with van der Waals surface area (Å²) in [6.45, 7) is 1.88. The SMILES string of the molecule is Cn1ccc(NCC(=O)NC2CCCN(c3ncnc4[nH]ccc34)C2)n1. The third-order valence-corrected chi connectivity index (χ3v) is 4.56. The molecule has 1 amide bonds. The van der Waals surface area contributed by atoms with Gasteiger partial charge in [0.1, 0.15) is 23.6 Å². The highest BCUT2D eigenvalue weighted by Crippen LogP contribution is 2.24. The molecule has 0 radical (unpaired) electrons. The first-order valence-corrected chi connectivity index (χ1v) is 8.75. The summed E-state index contributed by atoms with van der Waals surface area (Å²) in [4.78, 5) is 26.3. The monoisotopic (exact) mass is 354 g/mol. The first-order valence-electron chi connectivity index (χ1n) is 8.75. The molecule has 1 saturated heterocycles. The molecule has 9 heteroatoms.